The third-order valence-corrected chi connectivity index (χ3v) is 1.95. The molecular weight excluding hydrogens is 202 g/mol. The van der Waals surface area contributed by atoms with Gasteiger partial charge in [-0.2, -0.15) is 0 Å². The van der Waals surface area contributed by atoms with Crippen LogP contribution < -0.4 is 0 Å². The monoisotopic (exact) mass is 219 g/mol. The van der Waals surface area contributed by atoms with E-state index >= 15 is 0 Å². The first-order valence-electron chi connectivity index (χ1n) is 4.91. The largest absolute Gasteiger partial charge is 0.464 e. The average molecular weight is 219 g/mol. The van der Waals surface area contributed by atoms with Crippen molar-refractivity contribution in [3.63, 3.8) is 0 Å². The maximum atomic E-state index is 11.3. The zero-order valence-corrected chi connectivity index (χ0v) is 9.06. The van der Waals surface area contributed by atoms with Gasteiger partial charge in [-0.1, -0.05) is 13.3 Å². The maximum absolute atomic E-state index is 11.3. The SMILES string of the molecule is CCCCOC(=O)C(C)(O)CC[N+](=O)[O-]. The van der Waals surface area contributed by atoms with Crippen LogP contribution in [-0.2, 0) is 9.53 Å². The Bertz CT molecular complexity index is 227. The van der Waals surface area contributed by atoms with E-state index < -0.39 is 23.0 Å². The van der Waals surface area contributed by atoms with Crippen LogP contribution in [0.5, 0.6) is 0 Å². The number of nitrogens with zero attached hydrogens (tertiary/aromatic N) is 1. The molecule has 0 aromatic heterocycles. The van der Waals surface area contributed by atoms with Crippen molar-refractivity contribution in [2.45, 2.75) is 38.7 Å². The van der Waals surface area contributed by atoms with Crippen LogP contribution >= 0.6 is 0 Å². The lowest BCUT2D eigenvalue weighted by atomic mass is 10.0. The molecule has 6 heteroatoms. The molecule has 0 aliphatic rings. The number of carbonyl (C=O) groups is 1. The summed E-state index contributed by atoms with van der Waals surface area (Å²) in [7, 11) is 0. The molecule has 6 nitrogen and oxygen atoms in total. The predicted molar refractivity (Wildman–Crippen MR) is 53.0 cm³/mol. The fourth-order valence-corrected chi connectivity index (χ4v) is 0.876. The molecule has 0 spiro atoms. The minimum Gasteiger partial charge on any atom is -0.464 e. The fraction of sp³-hybridized carbons (Fsp3) is 0.889. The van der Waals surface area contributed by atoms with Gasteiger partial charge in [0.1, 0.15) is 0 Å². The molecule has 0 bridgehead atoms. The normalized spacial score (nSPS) is 14.3. The van der Waals surface area contributed by atoms with Crippen molar-refractivity contribution in [3.8, 4) is 0 Å². The first kappa shape index (κ1) is 13.8. The van der Waals surface area contributed by atoms with Gasteiger partial charge < -0.3 is 9.84 Å². The van der Waals surface area contributed by atoms with E-state index in [1.807, 2.05) is 6.92 Å². The number of nitro groups is 1. The van der Waals surface area contributed by atoms with E-state index in [2.05, 4.69) is 0 Å². The Morgan fingerprint density at radius 3 is 2.67 bits per heavy atom. The minimum atomic E-state index is -1.76. The van der Waals surface area contributed by atoms with E-state index in [1.54, 1.807) is 0 Å². The van der Waals surface area contributed by atoms with Crippen molar-refractivity contribution in [1.29, 1.82) is 0 Å². The van der Waals surface area contributed by atoms with Crippen LogP contribution in [0.3, 0.4) is 0 Å². The summed E-state index contributed by atoms with van der Waals surface area (Å²) in [4.78, 5) is 20.8. The third kappa shape index (κ3) is 6.01. The number of carbonyl (C=O) groups excluding carboxylic acids is 1. The van der Waals surface area contributed by atoms with Crippen LogP contribution in [0.25, 0.3) is 0 Å². The molecule has 1 N–H and O–H groups in total. The van der Waals surface area contributed by atoms with Gasteiger partial charge in [0.2, 0.25) is 6.54 Å². The van der Waals surface area contributed by atoms with E-state index in [-0.39, 0.29) is 13.0 Å². The predicted octanol–water partition coefficient (Wildman–Crippen LogP) is 0.747. The van der Waals surface area contributed by atoms with E-state index in [0.717, 1.165) is 12.8 Å². The first-order chi connectivity index (χ1) is 6.90. The zero-order chi connectivity index (χ0) is 11.9. The number of hydrogen-bond acceptors (Lipinski definition) is 5. The molecular formula is C9H17NO5. The van der Waals surface area contributed by atoms with Gasteiger partial charge in [0.15, 0.2) is 5.60 Å². The average Bonchev–Trinajstić information content (AvgIpc) is 2.15. The second-order valence-electron chi connectivity index (χ2n) is 3.57. The summed E-state index contributed by atoms with van der Waals surface area (Å²) in [6.45, 7) is 2.96. The van der Waals surface area contributed by atoms with Gasteiger partial charge >= 0.3 is 5.97 Å². The first-order valence-corrected chi connectivity index (χ1v) is 4.91. The molecule has 0 aromatic carbocycles. The van der Waals surface area contributed by atoms with Crippen molar-refractivity contribution in [2.24, 2.45) is 0 Å². The van der Waals surface area contributed by atoms with Gasteiger partial charge in [0.05, 0.1) is 13.0 Å². The van der Waals surface area contributed by atoms with Crippen LogP contribution in [0.1, 0.15) is 33.1 Å². The molecule has 0 aliphatic carbocycles. The number of ether oxygens (including phenoxy) is 1. The summed E-state index contributed by atoms with van der Waals surface area (Å²) >= 11 is 0. The van der Waals surface area contributed by atoms with Crippen molar-refractivity contribution < 1.29 is 19.6 Å². The molecule has 0 aromatic rings. The number of aliphatic hydroxyl groups is 1. The van der Waals surface area contributed by atoms with Gasteiger partial charge in [0.25, 0.3) is 0 Å². The lowest BCUT2D eigenvalue weighted by Gasteiger charge is -2.19. The van der Waals surface area contributed by atoms with Gasteiger partial charge in [-0.25, -0.2) is 4.79 Å². The Balaban J connectivity index is 3.96. The number of unbranched alkanes of at least 4 members (excludes halogenated alkanes) is 1. The van der Waals surface area contributed by atoms with Crippen LogP contribution in [0.15, 0.2) is 0 Å². The van der Waals surface area contributed by atoms with E-state index in [0.29, 0.717) is 0 Å². The van der Waals surface area contributed by atoms with E-state index in [4.69, 9.17) is 4.74 Å². The zero-order valence-electron chi connectivity index (χ0n) is 9.06. The highest BCUT2D eigenvalue weighted by Crippen LogP contribution is 2.11. The van der Waals surface area contributed by atoms with Crippen LogP contribution in [0, 0.1) is 10.1 Å². The Hall–Kier alpha value is -1.17. The van der Waals surface area contributed by atoms with Crippen molar-refractivity contribution in [1.82, 2.24) is 0 Å². The second kappa shape index (κ2) is 6.34. The minimum absolute atomic E-state index is 0.231. The van der Waals surface area contributed by atoms with Crippen LogP contribution in [-0.4, -0.2) is 34.8 Å². The van der Waals surface area contributed by atoms with Crippen molar-refractivity contribution >= 4 is 5.97 Å². The van der Waals surface area contributed by atoms with Gasteiger partial charge in [-0.05, 0) is 13.3 Å². The quantitative estimate of drug-likeness (QED) is 0.295. The highest BCUT2D eigenvalue weighted by molar-refractivity contribution is 5.78. The highest BCUT2D eigenvalue weighted by Gasteiger charge is 2.33. The topological polar surface area (TPSA) is 89.7 Å². The van der Waals surface area contributed by atoms with Crippen LogP contribution in [0.4, 0.5) is 0 Å². The van der Waals surface area contributed by atoms with Gasteiger partial charge in [-0.15, -0.1) is 0 Å². The van der Waals surface area contributed by atoms with Gasteiger partial charge in [0, 0.05) is 4.92 Å². The standard InChI is InChI=1S/C9H17NO5/c1-3-4-7-15-8(11)9(2,12)5-6-10(13)14/h12H,3-7H2,1-2H3. The number of hydrogen-bond donors (Lipinski definition) is 1. The fourth-order valence-electron chi connectivity index (χ4n) is 0.876. The third-order valence-electron chi connectivity index (χ3n) is 1.95. The summed E-state index contributed by atoms with van der Waals surface area (Å²) in [5, 5.41) is 19.6. The molecule has 1 unspecified atom stereocenters. The lowest BCUT2D eigenvalue weighted by molar-refractivity contribution is -0.483. The smallest absolute Gasteiger partial charge is 0.338 e. The van der Waals surface area contributed by atoms with Crippen molar-refractivity contribution in [3.05, 3.63) is 10.1 Å². The Labute approximate surface area is 88.4 Å². The summed E-state index contributed by atoms with van der Waals surface area (Å²) in [6, 6.07) is 0. The number of rotatable bonds is 7. The Morgan fingerprint density at radius 2 is 2.20 bits per heavy atom. The molecule has 88 valence electrons. The molecule has 0 radical (unpaired) electrons. The molecule has 0 saturated heterocycles. The lowest BCUT2D eigenvalue weighted by Crippen LogP contribution is -2.38. The summed E-state index contributed by atoms with van der Waals surface area (Å²) < 4.78 is 4.77. The van der Waals surface area contributed by atoms with Gasteiger partial charge in [-0.3, -0.25) is 10.1 Å². The summed E-state index contributed by atoms with van der Waals surface area (Å²) in [5.74, 6) is -0.794. The molecule has 0 heterocycles. The Kier molecular flexibility index (Phi) is 5.84. The van der Waals surface area contributed by atoms with E-state index in [9.17, 15) is 20.0 Å². The highest BCUT2D eigenvalue weighted by atomic mass is 16.6. The van der Waals surface area contributed by atoms with Crippen LogP contribution in [0.2, 0.25) is 0 Å². The molecule has 0 rings (SSSR count). The Morgan fingerprint density at radius 1 is 1.60 bits per heavy atom. The molecule has 15 heavy (non-hydrogen) atoms. The molecule has 0 aliphatic heterocycles. The molecule has 1 atom stereocenters. The van der Waals surface area contributed by atoms with E-state index in [1.165, 1.54) is 6.92 Å². The molecule has 0 amide bonds. The summed E-state index contributed by atoms with van der Waals surface area (Å²) in [6.07, 6.45) is 1.37. The molecule has 0 fully saturated rings. The maximum Gasteiger partial charge on any atom is 0.338 e. The number of esters is 1. The molecule has 0 saturated carbocycles. The summed E-state index contributed by atoms with van der Waals surface area (Å²) in [5.41, 5.74) is -1.76. The second-order valence-corrected chi connectivity index (χ2v) is 3.57. The van der Waals surface area contributed by atoms with Crippen molar-refractivity contribution in [2.75, 3.05) is 13.2 Å².